The lowest BCUT2D eigenvalue weighted by molar-refractivity contribution is -0.127. The number of anilines is 1. The Bertz CT molecular complexity index is 1750. The quantitative estimate of drug-likeness (QED) is 0.281. The third-order valence-electron chi connectivity index (χ3n) is 8.90. The summed E-state index contributed by atoms with van der Waals surface area (Å²) in [5.41, 5.74) is 1.73. The smallest absolute Gasteiger partial charge is 0.238 e. The molecule has 1 aromatic heterocycles. The van der Waals surface area contributed by atoms with Gasteiger partial charge in [0, 0.05) is 40.4 Å². The van der Waals surface area contributed by atoms with Gasteiger partial charge < -0.3 is 9.47 Å². The summed E-state index contributed by atoms with van der Waals surface area (Å²) >= 11 is 6.36. The fourth-order valence-corrected chi connectivity index (χ4v) is 7.41. The van der Waals surface area contributed by atoms with Crippen LogP contribution in [-0.2, 0) is 9.53 Å². The molecule has 2 bridgehead atoms. The van der Waals surface area contributed by atoms with Gasteiger partial charge in [-0.15, -0.1) is 0 Å². The minimum Gasteiger partial charge on any atom is -0.491 e. The topological polar surface area (TPSA) is 75.5 Å². The summed E-state index contributed by atoms with van der Waals surface area (Å²) in [5.74, 6) is 0.199. The first-order valence-corrected chi connectivity index (χ1v) is 13.6. The van der Waals surface area contributed by atoms with Crippen molar-refractivity contribution in [1.29, 1.82) is 5.26 Å². The van der Waals surface area contributed by atoms with Crippen LogP contribution in [0.25, 0.3) is 21.7 Å². The van der Waals surface area contributed by atoms with Crippen molar-refractivity contribution < 1.29 is 14.3 Å². The lowest BCUT2D eigenvalue weighted by Gasteiger charge is -2.31. The summed E-state index contributed by atoms with van der Waals surface area (Å²) in [6, 6.07) is 21.1. The molecule has 3 aliphatic rings. The Morgan fingerprint density at radius 1 is 1.10 bits per heavy atom. The second-order valence-corrected chi connectivity index (χ2v) is 11.3. The predicted molar refractivity (Wildman–Crippen MR) is 151 cm³/mol. The van der Waals surface area contributed by atoms with Gasteiger partial charge in [0.25, 0.3) is 0 Å². The van der Waals surface area contributed by atoms with Crippen LogP contribution in [0, 0.1) is 23.2 Å². The molecule has 4 atom stereocenters. The number of nitriles is 1. The number of nitrogens with zero attached hydrogens (tertiary/aromatic N) is 3. The molecule has 3 aromatic carbocycles. The molecule has 4 heterocycles. The summed E-state index contributed by atoms with van der Waals surface area (Å²) in [6.07, 6.45) is 3.94. The summed E-state index contributed by atoms with van der Waals surface area (Å²) in [7, 11) is 0. The van der Waals surface area contributed by atoms with Gasteiger partial charge in [-0.25, -0.2) is 0 Å². The number of amides is 1. The zero-order valence-electron chi connectivity index (χ0n) is 21.5. The average molecular weight is 536 g/mol. The minimum absolute atomic E-state index is 0.00175. The number of carbonyl (C=O) groups excluding carboxylic acids is 1. The van der Waals surface area contributed by atoms with E-state index in [4.69, 9.17) is 21.1 Å². The normalized spacial score (nSPS) is 27.4. The molecule has 1 amide bonds. The predicted octanol–water partition coefficient (Wildman–Crippen LogP) is 6.80. The van der Waals surface area contributed by atoms with E-state index in [0.29, 0.717) is 34.9 Å². The molecule has 39 heavy (non-hydrogen) atoms. The van der Waals surface area contributed by atoms with E-state index in [1.54, 1.807) is 17.2 Å². The monoisotopic (exact) mass is 535 g/mol. The third-order valence-corrected chi connectivity index (χ3v) is 9.23. The molecule has 7 rings (SSSR count). The van der Waals surface area contributed by atoms with E-state index >= 15 is 0 Å². The average Bonchev–Trinajstić information content (AvgIpc) is 3.53. The molecule has 0 radical (unpaired) electrons. The molecular formula is C32H26ClN3O3. The van der Waals surface area contributed by atoms with Crippen molar-refractivity contribution in [2.75, 3.05) is 11.5 Å². The molecule has 3 saturated heterocycles. The molecule has 0 spiro atoms. The Labute approximate surface area is 231 Å². The number of aromatic nitrogens is 1. The van der Waals surface area contributed by atoms with Crippen LogP contribution < -0.4 is 9.64 Å². The fourth-order valence-electron chi connectivity index (χ4n) is 7.20. The van der Waals surface area contributed by atoms with Gasteiger partial charge in [-0.1, -0.05) is 42.4 Å². The molecule has 7 heteroatoms. The highest BCUT2D eigenvalue weighted by Crippen LogP contribution is 2.64. The highest BCUT2D eigenvalue weighted by molar-refractivity contribution is 6.35. The Morgan fingerprint density at radius 2 is 1.90 bits per heavy atom. The van der Waals surface area contributed by atoms with Gasteiger partial charge in [0.1, 0.15) is 11.3 Å². The van der Waals surface area contributed by atoms with Gasteiger partial charge in [-0.2, -0.15) is 5.26 Å². The largest absolute Gasteiger partial charge is 0.491 e. The lowest BCUT2D eigenvalue weighted by Crippen LogP contribution is -2.43. The number of benzene rings is 3. The third kappa shape index (κ3) is 3.37. The van der Waals surface area contributed by atoms with Crippen LogP contribution >= 0.6 is 11.6 Å². The number of hydrogen-bond donors (Lipinski definition) is 0. The number of carbonyl (C=O) groups is 1. The fraction of sp³-hybridized carbons (Fsp3) is 0.281. The lowest BCUT2D eigenvalue weighted by atomic mass is 9.67. The van der Waals surface area contributed by atoms with Crippen molar-refractivity contribution in [2.45, 2.75) is 37.4 Å². The Kier molecular flexibility index (Phi) is 5.29. The summed E-state index contributed by atoms with van der Waals surface area (Å²) in [5, 5.41) is 12.8. The first kappa shape index (κ1) is 24.1. The molecule has 3 fully saturated rings. The van der Waals surface area contributed by atoms with Crippen molar-refractivity contribution >= 4 is 44.9 Å². The number of pyridine rings is 1. The van der Waals surface area contributed by atoms with Crippen molar-refractivity contribution in [1.82, 2.24) is 4.98 Å². The zero-order chi connectivity index (χ0) is 26.9. The highest BCUT2D eigenvalue weighted by Gasteiger charge is 2.71. The van der Waals surface area contributed by atoms with Crippen LogP contribution in [0.15, 0.2) is 79.1 Å². The van der Waals surface area contributed by atoms with Gasteiger partial charge in [-0.05, 0) is 56.2 Å². The zero-order valence-corrected chi connectivity index (χ0v) is 22.2. The van der Waals surface area contributed by atoms with E-state index in [1.165, 1.54) is 0 Å². The first-order chi connectivity index (χ1) is 18.9. The van der Waals surface area contributed by atoms with Gasteiger partial charge in [0.2, 0.25) is 5.91 Å². The SMILES string of the molecule is C=C1[C@@H]2[C@H](C(=O)N1c1ccc(C#N)c3ccccc13)[C@@]1(CCOc3ccc(Cl)c4cccnc34)CC[C@]2(C)O1. The van der Waals surface area contributed by atoms with E-state index in [0.717, 1.165) is 40.4 Å². The molecule has 0 aliphatic carbocycles. The Hall–Kier alpha value is -3.92. The maximum atomic E-state index is 14.2. The van der Waals surface area contributed by atoms with Gasteiger partial charge in [0.15, 0.2) is 0 Å². The second kappa shape index (κ2) is 8.54. The van der Waals surface area contributed by atoms with Crippen molar-refractivity contribution in [3.8, 4) is 11.8 Å². The van der Waals surface area contributed by atoms with Crippen LogP contribution in [0.3, 0.4) is 0 Å². The molecule has 3 aliphatic heterocycles. The summed E-state index contributed by atoms with van der Waals surface area (Å²) in [4.78, 5) is 20.5. The molecule has 0 unspecified atom stereocenters. The van der Waals surface area contributed by atoms with E-state index in [9.17, 15) is 10.1 Å². The molecule has 4 aromatic rings. The summed E-state index contributed by atoms with van der Waals surface area (Å²) < 4.78 is 13.0. The maximum Gasteiger partial charge on any atom is 0.238 e. The van der Waals surface area contributed by atoms with Crippen LogP contribution in [0.5, 0.6) is 5.75 Å². The minimum atomic E-state index is -0.633. The van der Waals surface area contributed by atoms with Crippen molar-refractivity contribution in [3.05, 3.63) is 89.7 Å². The van der Waals surface area contributed by atoms with Crippen LogP contribution in [0.1, 0.15) is 31.7 Å². The highest BCUT2D eigenvalue weighted by atomic mass is 35.5. The van der Waals surface area contributed by atoms with E-state index in [2.05, 4.69) is 24.6 Å². The first-order valence-electron chi connectivity index (χ1n) is 13.2. The molecule has 0 saturated carbocycles. The Morgan fingerprint density at radius 3 is 2.72 bits per heavy atom. The number of rotatable bonds is 5. The number of hydrogen-bond acceptors (Lipinski definition) is 5. The van der Waals surface area contributed by atoms with Gasteiger partial charge in [0.05, 0.1) is 46.1 Å². The molecule has 194 valence electrons. The van der Waals surface area contributed by atoms with E-state index < -0.39 is 11.2 Å². The molecule has 0 N–H and O–H groups in total. The van der Waals surface area contributed by atoms with E-state index in [-0.39, 0.29) is 17.7 Å². The standard InChI is InChI=1S/C32H26ClN3O3/c1-19-27-28(30(37)36(19)25-11-9-20(18-34)21-6-3-4-7-22(21)25)32(14-13-31(27,2)39-32)15-17-38-26-12-10-24(33)23-8-5-16-35-29(23)26/h3-12,16,27-28H,1,13-15,17H2,2H3/t27-,28-,31+,32+/m1/s1. The van der Waals surface area contributed by atoms with Crippen molar-refractivity contribution in [2.24, 2.45) is 11.8 Å². The second-order valence-electron chi connectivity index (χ2n) is 10.9. The number of fused-ring (bicyclic) bond motifs is 7. The number of halogens is 1. The summed E-state index contributed by atoms with van der Waals surface area (Å²) in [6.45, 7) is 6.92. The number of ether oxygens (including phenoxy) is 2. The van der Waals surface area contributed by atoms with Crippen LogP contribution in [0.2, 0.25) is 5.02 Å². The van der Waals surface area contributed by atoms with E-state index in [1.807, 2.05) is 54.6 Å². The van der Waals surface area contributed by atoms with Crippen LogP contribution in [0.4, 0.5) is 5.69 Å². The van der Waals surface area contributed by atoms with Crippen LogP contribution in [-0.4, -0.2) is 28.7 Å². The Balaban J connectivity index is 1.21. The maximum absolute atomic E-state index is 14.2. The van der Waals surface area contributed by atoms with Crippen molar-refractivity contribution in [3.63, 3.8) is 0 Å². The van der Waals surface area contributed by atoms with Gasteiger partial charge >= 0.3 is 0 Å². The molecule has 6 nitrogen and oxygen atoms in total. The van der Waals surface area contributed by atoms with Gasteiger partial charge in [-0.3, -0.25) is 14.7 Å². The molecular weight excluding hydrogens is 510 g/mol.